The van der Waals surface area contributed by atoms with E-state index in [1.165, 1.54) is 0 Å². The van der Waals surface area contributed by atoms with Gasteiger partial charge in [-0.1, -0.05) is 12.1 Å². The van der Waals surface area contributed by atoms with Gasteiger partial charge in [-0.25, -0.2) is 14.8 Å². The molecule has 0 fully saturated rings. The molecule has 2 heterocycles. The Balaban J connectivity index is 1.58. The fraction of sp³-hybridized carbons (Fsp3) is 0.0500. The van der Waals surface area contributed by atoms with Crippen molar-refractivity contribution >= 4 is 17.9 Å². The van der Waals surface area contributed by atoms with Crippen molar-refractivity contribution < 1.29 is 14.3 Å². The molecule has 4 rings (SSSR count). The van der Waals surface area contributed by atoms with Crippen LogP contribution in [0.4, 0.5) is 0 Å². The molecule has 6 nitrogen and oxygen atoms in total. The molecule has 1 aliphatic heterocycles. The monoisotopic (exact) mass is 345 g/mol. The number of hydrogen-bond donors (Lipinski definition) is 0. The van der Waals surface area contributed by atoms with Gasteiger partial charge in [0.25, 0.3) is 0 Å². The molecule has 0 radical (unpaired) electrons. The highest BCUT2D eigenvalue weighted by Gasteiger charge is 2.24. The molecule has 0 N–H and O–H groups in total. The van der Waals surface area contributed by atoms with Crippen molar-refractivity contribution in [1.82, 2.24) is 9.55 Å². The first-order valence-corrected chi connectivity index (χ1v) is 7.98. The number of esters is 1. The van der Waals surface area contributed by atoms with Gasteiger partial charge in [0.1, 0.15) is 5.75 Å². The molecule has 0 amide bonds. The third kappa shape index (κ3) is 3.12. The Hall–Kier alpha value is -3.67. The lowest BCUT2D eigenvalue weighted by Crippen LogP contribution is -2.05. The number of carbonyl (C=O) groups excluding carboxylic acids is 1. The molecule has 0 saturated heterocycles. The van der Waals surface area contributed by atoms with Gasteiger partial charge in [-0.05, 0) is 48.0 Å². The number of aliphatic imine (C=N–C) groups is 1. The zero-order chi connectivity index (χ0) is 17.9. The minimum Gasteiger partial charge on any atom is -0.497 e. The van der Waals surface area contributed by atoms with Crippen molar-refractivity contribution in [3.05, 3.63) is 84.1 Å². The number of imidazole rings is 1. The smallest absolute Gasteiger partial charge is 0.363 e. The molecule has 0 unspecified atom stereocenters. The van der Waals surface area contributed by atoms with E-state index in [0.717, 1.165) is 22.6 Å². The number of aromatic nitrogens is 2. The van der Waals surface area contributed by atoms with Gasteiger partial charge in [-0.3, -0.25) is 0 Å². The second kappa shape index (κ2) is 6.68. The standard InChI is InChI=1S/C20H15N3O3/c1-25-17-8-4-15(5-9-17)19-22-18(20(24)26-19)12-14-2-6-16(7-3-14)23-11-10-21-13-23/h2-13H,1H3/b18-12+. The number of benzene rings is 2. The molecule has 2 aromatic carbocycles. The molecule has 6 heteroatoms. The number of rotatable bonds is 4. The Bertz CT molecular complexity index is 986. The number of methoxy groups -OCH3 is 1. The van der Waals surface area contributed by atoms with Crippen LogP contribution in [-0.2, 0) is 9.53 Å². The molecular formula is C20H15N3O3. The van der Waals surface area contributed by atoms with Crippen molar-refractivity contribution in [3.8, 4) is 11.4 Å². The van der Waals surface area contributed by atoms with Crippen LogP contribution in [0.5, 0.6) is 5.75 Å². The Morgan fingerprint density at radius 3 is 2.50 bits per heavy atom. The van der Waals surface area contributed by atoms with Crippen LogP contribution < -0.4 is 4.74 Å². The van der Waals surface area contributed by atoms with Crippen molar-refractivity contribution in [2.24, 2.45) is 4.99 Å². The van der Waals surface area contributed by atoms with Crippen molar-refractivity contribution in [1.29, 1.82) is 0 Å². The summed E-state index contributed by atoms with van der Waals surface area (Å²) in [6.07, 6.45) is 7.02. The first-order chi connectivity index (χ1) is 12.7. The van der Waals surface area contributed by atoms with Crippen LogP contribution in [0.3, 0.4) is 0 Å². The highest BCUT2D eigenvalue weighted by atomic mass is 16.6. The molecule has 0 atom stereocenters. The van der Waals surface area contributed by atoms with Crippen LogP contribution in [0.2, 0.25) is 0 Å². The minimum absolute atomic E-state index is 0.270. The Labute approximate surface area is 150 Å². The summed E-state index contributed by atoms with van der Waals surface area (Å²) in [5, 5.41) is 0. The highest BCUT2D eigenvalue weighted by Crippen LogP contribution is 2.21. The molecule has 0 spiro atoms. The van der Waals surface area contributed by atoms with Gasteiger partial charge in [0.15, 0.2) is 5.70 Å². The minimum atomic E-state index is -0.463. The zero-order valence-corrected chi connectivity index (χ0v) is 14.0. The van der Waals surface area contributed by atoms with Crippen molar-refractivity contribution in [2.45, 2.75) is 0 Å². The van der Waals surface area contributed by atoms with Gasteiger partial charge in [0, 0.05) is 23.6 Å². The Morgan fingerprint density at radius 2 is 1.85 bits per heavy atom. The van der Waals surface area contributed by atoms with Crippen LogP contribution in [-0.4, -0.2) is 28.5 Å². The van der Waals surface area contributed by atoms with Gasteiger partial charge in [0.05, 0.1) is 13.4 Å². The van der Waals surface area contributed by atoms with E-state index in [1.54, 1.807) is 50.0 Å². The van der Waals surface area contributed by atoms with Crippen LogP contribution in [0.25, 0.3) is 11.8 Å². The fourth-order valence-electron chi connectivity index (χ4n) is 2.58. The first kappa shape index (κ1) is 15.8. The highest BCUT2D eigenvalue weighted by molar-refractivity contribution is 6.12. The molecule has 0 aliphatic carbocycles. The second-order valence-electron chi connectivity index (χ2n) is 5.63. The summed E-state index contributed by atoms with van der Waals surface area (Å²) in [4.78, 5) is 20.4. The summed E-state index contributed by atoms with van der Waals surface area (Å²) >= 11 is 0. The van der Waals surface area contributed by atoms with E-state index < -0.39 is 5.97 Å². The van der Waals surface area contributed by atoms with Crippen LogP contribution >= 0.6 is 0 Å². The van der Waals surface area contributed by atoms with E-state index in [2.05, 4.69) is 9.98 Å². The second-order valence-corrected chi connectivity index (χ2v) is 5.63. The van der Waals surface area contributed by atoms with Crippen molar-refractivity contribution in [3.63, 3.8) is 0 Å². The van der Waals surface area contributed by atoms with Gasteiger partial charge >= 0.3 is 5.97 Å². The largest absolute Gasteiger partial charge is 0.497 e. The third-order valence-electron chi connectivity index (χ3n) is 3.96. The Morgan fingerprint density at radius 1 is 1.08 bits per heavy atom. The topological polar surface area (TPSA) is 65.7 Å². The predicted octanol–water partition coefficient (Wildman–Crippen LogP) is 3.23. The third-order valence-corrected chi connectivity index (χ3v) is 3.96. The SMILES string of the molecule is COc1ccc(C2=N/C(=C/c3ccc(-n4ccnc4)cc3)C(=O)O2)cc1. The number of ether oxygens (including phenoxy) is 2. The summed E-state index contributed by atoms with van der Waals surface area (Å²) in [7, 11) is 1.60. The predicted molar refractivity (Wildman–Crippen MR) is 97.2 cm³/mol. The quantitative estimate of drug-likeness (QED) is 0.538. The molecule has 1 aromatic heterocycles. The van der Waals surface area contributed by atoms with Gasteiger partial charge in [-0.2, -0.15) is 0 Å². The fourth-order valence-corrected chi connectivity index (χ4v) is 2.58. The maximum Gasteiger partial charge on any atom is 0.363 e. The maximum atomic E-state index is 12.1. The summed E-state index contributed by atoms with van der Waals surface area (Å²) in [6.45, 7) is 0. The number of hydrogen-bond acceptors (Lipinski definition) is 5. The molecule has 3 aromatic rings. The zero-order valence-electron chi connectivity index (χ0n) is 14.0. The molecular weight excluding hydrogens is 330 g/mol. The van der Waals surface area contributed by atoms with Crippen molar-refractivity contribution in [2.75, 3.05) is 7.11 Å². The van der Waals surface area contributed by atoms with Gasteiger partial charge < -0.3 is 14.0 Å². The van der Waals surface area contributed by atoms with E-state index in [4.69, 9.17) is 9.47 Å². The molecule has 0 bridgehead atoms. The lowest BCUT2D eigenvalue weighted by atomic mass is 10.1. The molecule has 26 heavy (non-hydrogen) atoms. The van der Waals surface area contributed by atoms with E-state index >= 15 is 0 Å². The maximum absolute atomic E-state index is 12.1. The normalized spacial score (nSPS) is 15.0. The molecule has 1 aliphatic rings. The lowest BCUT2D eigenvalue weighted by Gasteiger charge is -2.02. The Kier molecular flexibility index (Phi) is 4.07. The molecule has 0 saturated carbocycles. The van der Waals surface area contributed by atoms with Gasteiger partial charge in [-0.15, -0.1) is 0 Å². The summed E-state index contributed by atoms with van der Waals surface area (Å²) < 4.78 is 12.3. The average molecular weight is 345 g/mol. The number of cyclic esters (lactones) is 1. The van der Waals surface area contributed by atoms with Crippen LogP contribution in [0, 0.1) is 0 Å². The number of nitrogens with zero attached hydrogens (tertiary/aromatic N) is 3. The molecule has 128 valence electrons. The van der Waals surface area contributed by atoms with Gasteiger partial charge in [0.2, 0.25) is 5.90 Å². The van der Waals surface area contributed by atoms with E-state index in [9.17, 15) is 4.79 Å². The lowest BCUT2D eigenvalue weighted by molar-refractivity contribution is -0.129. The van der Waals surface area contributed by atoms with E-state index in [1.807, 2.05) is 35.0 Å². The van der Waals surface area contributed by atoms with E-state index in [0.29, 0.717) is 5.90 Å². The average Bonchev–Trinajstić information content (AvgIpc) is 3.33. The van der Waals surface area contributed by atoms with E-state index in [-0.39, 0.29) is 5.70 Å². The first-order valence-electron chi connectivity index (χ1n) is 7.98. The van der Waals surface area contributed by atoms with Crippen LogP contribution in [0.15, 0.2) is 77.9 Å². The summed E-state index contributed by atoms with van der Waals surface area (Å²) in [5.74, 6) is 0.556. The summed E-state index contributed by atoms with van der Waals surface area (Å²) in [5.41, 5.74) is 2.84. The summed E-state index contributed by atoms with van der Waals surface area (Å²) in [6, 6.07) is 14.9. The van der Waals surface area contributed by atoms with Crippen LogP contribution in [0.1, 0.15) is 11.1 Å². The number of carbonyl (C=O) groups is 1.